The first-order valence-corrected chi connectivity index (χ1v) is 5.75. The van der Waals surface area contributed by atoms with Gasteiger partial charge in [-0.3, -0.25) is 0 Å². The van der Waals surface area contributed by atoms with Crippen LogP contribution in [0.5, 0.6) is 0 Å². The van der Waals surface area contributed by atoms with Crippen molar-refractivity contribution in [3.63, 3.8) is 0 Å². The highest BCUT2D eigenvalue weighted by molar-refractivity contribution is 5.95. The summed E-state index contributed by atoms with van der Waals surface area (Å²) in [6.07, 6.45) is 0.690. The number of nitrogen functional groups attached to an aromatic ring is 1. The van der Waals surface area contributed by atoms with E-state index in [1.54, 1.807) is 19.2 Å². The second kappa shape index (κ2) is 5.55. The Morgan fingerprint density at radius 2 is 2.17 bits per heavy atom. The number of fused-ring (bicyclic) bond motifs is 1. The number of rotatable bonds is 5. The molecule has 0 amide bonds. The summed E-state index contributed by atoms with van der Waals surface area (Å²) in [5, 5.41) is 0.902. The van der Waals surface area contributed by atoms with Crippen molar-refractivity contribution in [2.75, 3.05) is 26.1 Å². The van der Waals surface area contributed by atoms with Gasteiger partial charge in [-0.2, -0.15) is 0 Å². The highest BCUT2D eigenvalue weighted by atomic mass is 16.5. The monoisotopic (exact) mass is 248 g/mol. The van der Waals surface area contributed by atoms with Crippen LogP contribution in [0.1, 0.15) is 16.9 Å². The number of benzene rings is 1. The lowest BCUT2D eigenvalue weighted by Crippen LogP contribution is -2.08. The third-order valence-corrected chi connectivity index (χ3v) is 2.59. The molecular weight excluding hydrogens is 232 g/mol. The van der Waals surface area contributed by atoms with Gasteiger partial charge in [-0.05, 0) is 24.3 Å². The minimum Gasteiger partial charge on any atom is -0.461 e. The van der Waals surface area contributed by atoms with Gasteiger partial charge in [-0.25, -0.2) is 4.79 Å². The van der Waals surface area contributed by atoms with E-state index in [4.69, 9.17) is 15.2 Å². The Bertz CT molecular complexity index is 548. The summed E-state index contributed by atoms with van der Waals surface area (Å²) in [6, 6.07) is 7.18. The Hall–Kier alpha value is -2.01. The summed E-state index contributed by atoms with van der Waals surface area (Å²) in [4.78, 5) is 14.7. The van der Waals surface area contributed by atoms with Crippen LogP contribution in [0.4, 0.5) is 5.69 Å². The lowest BCUT2D eigenvalue weighted by molar-refractivity contribution is 0.0463. The van der Waals surface area contributed by atoms with Gasteiger partial charge in [0.05, 0.1) is 6.61 Å². The molecule has 96 valence electrons. The number of hydrogen-bond donors (Lipinski definition) is 2. The predicted molar refractivity (Wildman–Crippen MR) is 69.5 cm³/mol. The molecule has 1 heterocycles. The molecule has 0 atom stereocenters. The Labute approximate surface area is 105 Å². The van der Waals surface area contributed by atoms with E-state index >= 15 is 0 Å². The fourth-order valence-electron chi connectivity index (χ4n) is 1.71. The van der Waals surface area contributed by atoms with Crippen LogP contribution in [0.25, 0.3) is 10.9 Å². The van der Waals surface area contributed by atoms with Crippen LogP contribution in [0.15, 0.2) is 24.3 Å². The van der Waals surface area contributed by atoms with Crippen molar-refractivity contribution >= 4 is 22.6 Å². The van der Waals surface area contributed by atoms with Gasteiger partial charge in [-0.1, -0.05) is 0 Å². The number of aromatic amines is 1. The molecule has 18 heavy (non-hydrogen) atoms. The number of nitrogens with one attached hydrogen (secondary N) is 1. The van der Waals surface area contributed by atoms with Gasteiger partial charge in [0.2, 0.25) is 0 Å². The van der Waals surface area contributed by atoms with Crippen molar-refractivity contribution in [1.82, 2.24) is 4.98 Å². The van der Waals surface area contributed by atoms with Crippen molar-refractivity contribution in [2.45, 2.75) is 6.42 Å². The maximum Gasteiger partial charge on any atom is 0.354 e. The number of hydrogen-bond acceptors (Lipinski definition) is 4. The normalized spacial score (nSPS) is 10.7. The van der Waals surface area contributed by atoms with Crippen molar-refractivity contribution in [3.05, 3.63) is 30.0 Å². The summed E-state index contributed by atoms with van der Waals surface area (Å²) in [6.45, 7) is 0.931. The molecule has 2 rings (SSSR count). The summed E-state index contributed by atoms with van der Waals surface area (Å²) in [5.41, 5.74) is 7.65. The SMILES string of the molecule is COCCCOC(=O)c1cc2cc(N)ccc2[nH]1. The van der Waals surface area contributed by atoms with Crippen molar-refractivity contribution in [3.8, 4) is 0 Å². The topological polar surface area (TPSA) is 77.3 Å². The van der Waals surface area contributed by atoms with Crippen LogP contribution in [-0.2, 0) is 9.47 Å². The lowest BCUT2D eigenvalue weighted by Gasteiger charge is -2.02. The fraction of sp³-hybridized carbons (Fsp3) is 0.308. The number of carbonyl (C=O) groups is 1. The quantitative estimate of drug-likeness (QED) is 0.481. The third-order valence-electron chi connectivity index (χ3n) is 2.59. The molecule has 0 radical (unpaired) electrons. The second-order valence-corrected chi connectivity index (χ2v) is 4.01. The molecular formula is C13H16N2O3. The molecule has 3 N–H and O–H groups in total. The molecule has 0 spiro atoms. The van der Waals surface area contributed by atoms with Crippen LogP contribution < -0.4 is 5.73 Å². The number of nitrogens with two attached hydrogens (primary N) is 1. The molecule has 1 aromatic carbocycles. The average Bonchev–Trinajstić information content (AvgIpc) is 2.77. The van der Waals surface area contributed by atoms with Crippen LogP contribution in [0, 0.1) is 0 Å². The summed E-state index contributed by atoms with van der Waals surface area (Å²) in [5.74, 6) is -0.360. The van der Waals surface area contributed by atoms with E-state index in [0.717, 1.165) is 10.9 Å². The molecule has 5 heteroatoms. The van der Waals surface area contributed by atoms with Gasteiger partial charge in [0.1, 0.15) is 5.69 Å². The summed E-state index contributed by atoms with van der Waals surface area (Å²) < 4.78 is 9.99. The van der Waals surface area contributed by atoms with Crippen LogP contribution in [-0.4, -0.2) is 31.3 Å². The third kappa shape index (κ3) is 2.81. The minimum atomic E-state index is -0.360. The van der Waals surface area contributed by atoms with Crippen LogP contribution >= 0.6 is 0 Å². The second-order valence-electron chi connectivity index (χ2n) is 4.01. The van der Waals surface area contributed by atoms with E-state index in [0.29, 0.717) is 31.0 Å². The number of anilines is 1. The molecule has 0 unspecified atom stereocenters. The molecule has 0 saturated heterocycles. The molecule has 5 nitrogen and oxygen atoms in total. The van der Waals surface area contributed by atoms with E-state index in [1.165, 1.54) is 0 Å². The largest absolute Gasteiger partial charge is 0.461 e. The molecule has 0 fully saturated rings. The number of methoxy groups -OCH3 is 1. The van der Waals surface area contributed by atoms with Crippen molar-refractivity contribution in [1.29, 1.82) is 0 Å². The zero-order valence-corrected chi connectivity index (χ0v) is 10.2. The van der Waals surface area contributed by atoms with E-state index in [2.05, 4.69) is 4.98 Å². The Morgan fingerprint density at radius 1 is 1.33 bits per heavy atom. The Morgan fingerprint density at radius 3 is 2.94 bits per heavy atom. The van der Waals surface area contributed by atoms with Gasteiger partial charge in [-0.15, -0.1) is 0 Å². The highest BCUT2D eigenvalue weighted by Gasteiger charge is 2.10. The number of aromatic nitrogens is 1. The molecule has 0 aliphatic carbocycles. The van der Waals surface area contributed by atoms with E-state index < -0.39 is 0 Å². The molecule has 2 aromatic rings. The Balaban J connectivity index is 2.04. The maximum atomic E-state index is 11.7. The standard InChI is InChI=1S/C13H16N2O3/c1-17-5-2-6-18-13(16)12-8-9-7-10(14)3-4-11(9)15-12/h3-4,7-8,15H,2,5-6,14H2,1H3. The molecule has 0 aliphatic rings. The zero-order chi connectivity index (χ0) is 13.0. The average molecular weight is 248 g/mol. The van der Waals surface area contributed by atoms with E-state index in [-0.39, 0.29) is 5.97 Å². The Kier molecular flexibility index (Phi) is 3.84. The van der Waals surface area contributed by atoms with Crippen LogP contribution in [0.2, 0.25) is 0 Å². The smallest absolute Gasteiger partial charge is 0.354 e. The highest BCUT2D eigenvalue weighted by Crippen LogP contribution is 2.18. The van der Waals surface area contributed by atoms with E-state index in [9.17, 15) is 4.79 Å². The molecule has 0 saturated carbocycles. The van der Waals surface area contributed by atoms with Gasteiger partial charge >= 0.3 is 5.97 Å². The minimum absolute atomic E-state index is 0.351. The van der Waals surface area contributed by atoms with Gasteiger partial charge < -0.3 is 20.2 Å². The summed E-state index contributed by atoms with van der Waals surface area (Å²) >= 11 is 0. The van der Waals surface area contributed by atoms with Gasteiger partial charge in [0.15, 0.2) is 0 Å². The summed E-state index contributed by atoms with van der Waals surface area (Å²) in [7, 11) is 1.61. The predicted octanol–water partition coefficient (Wildman–Crippen LogP) is 1.94. The number of esters is 1. The first-order valence-electron chi connectivity index (χ1n) is 5.75. The fourth-order valence-corrected chi connectivity index (χ4v) is 1.71. The first kappa shape index (κ1) is 12.4. The van der Waals surface area contributed by atoms with Crippen LogP contribution in [0.3, 0.4) is 0 Å². The maximum absolute atomic E-state index is 11.7. The first-order chi connectivity index (χ1) is 8.70. The molecule has 0 aliphatic heterocycles. The zero-order valence-electron chi connectivity index (χ0n) is 10.2. The molecule has 1 aromatic heterocycles. The number of H-pyrrole nitrogens is 1. The number of ether oxygens (including phenoxy) is 2. The lowest BCUT2D eigenvalue weighted by atomic mass is 10.2. The molecule has 0 bridgehead atoms. The van der Waals surface area contributed by atoms with E-state index in [1.807, 2.05) is 12.1 Å². The van der Waals surface area contributed by atoms with Gasteiger partial charge in [0.25, 0.3) is 0 Å². The van der Waals surface area contributed by atoms with Crippen molar-refractivity contribution in [2.24, 2.45) is 0 Å². The number of carbonyl (C=O) groups excluding carboxylic acids is 1. The van der Waals surface area contributed by atoms with Gasteiger partial charge in [0, 0.05) is 36.7 Å². The van der Waals surface area contributed by atoms with Crippen molar-refractivity contribution < 1.29 is 14.3 Å².